The molecule has 0 unspecified atom stereocenters. The van der Waals surface area contributed by atoms with Crippen molar-refractivity contribution < 1.29 is 14.3 Å². The number of carbonyl (C=O) groups is 1. The summed E-state index contributed by atoms with van der Waals surface area (Å²) < 4.78 is 11.5. The number of nitrogens with one attached hydrogen (secondary N) is 1. The zero-order chi connectivity index (χ0) is 17.3. The highest BCUT2D eigenvalue weighted by Crippen LogP contribution is 2.17. The van der Waals surface area contributed by atoms with E-state index in [4.69, 9.17) is 9.47 Å². The van der Waals surface area contributed by atoms with E-state index >= 15 is 0 Å². The van der Waals surface area contributed by atoms with Crippen molar-refractivity contribution in [1.29, 1.82) is 0 Å². The zero-order valence-electron chi connectivity index (χ0n) is 14.0. The molecule has 1 fully saturated rings. The lowest BCUT2D eigenvalue weighted by molar-refractivity contribution is -0.124. The number of thioether (sulfide) groups is 1. The van der Waals surface area contributed by atoms with Crippen LogP contribution in [-0.2, 0) is 20.9 Å². The van der Waals surface area contributed by atoms with Gasteiger partial charge in [0, 0.05) is 23.9 Å². The van der Waals surface area contributed by atoms with Gasteiger partial charge in [-0.2, -0.15) is 0 Å². The van der Waals surface area contributed by atoms with Crippen molar-refractivity contribution in [3.8, 4) is 0 Å². The van der Waals surface area contributed by atoms with E-state index in [2.05, 4.69) is 10.3 Å². The van der Waals surface area contributed by atoms with Crippen LogP contribution in [0, 0.1) is 0 Å². The molecule has 2 heterocycles. The molecular formula is C19H22N2O3S. The zero-order valence-corrected chi connectivity index (χ0v) is 14.8. The fraction of sp³-hybridized carbons (Fsp3) is 0.368. The number of ether oxygens (including phenoxy) is 2. The van der Waals surface area contributed by atoms with Crippen molar-refractivity contribution in [2.75, 3.05) is 19.0 Å². The Labute approximate surface area is 152 Å². The Morgan fingerprint density at radius 2 is 2.04 bits per heavy atom. The standard InChI is InChI=1S/C19H22N2O3S/c22-19(14-25-16-6-9-20-10-7-16)21-17-8-11-23-13-18(17)24-12-15-4-2-1-3-5-15/h1-7,9-10,17-18H,8,11-14H2,(H,21,22)/t17-,18-/m1/s1. The van der Waals surface area contributed by atoms with E-state index in [0.717, 1.165) is 16.9 Å². The van der Waals surface area contributed by atoms with Gasteiger partial charge < -0.3 is 14.8 Å². The molecule has 2 aromatic rings. The Morgan fingerprint density at radius 1 is 1.24 bits per heavy atom. The van der Waals surface area contributed by atoms with Crippen LogP contribution in [0.5, 0.6) is 0 Å². The highest BCUT2D eigenvalue weighted by atomic mass is 32.2. The Balaban J connectivity index is 1.47. The molecule has 0 saturated carbocycles. The Hall–Kier alpha value is -1.89. The lowest BCUT2D eigenvalue weighted by atomic mass is 10.1. The average Bonchev–Trinajstić information content (AvgIpc) is 2.67. The molecule has 1 amide bonds. The smallest absolute Gasteiger partial charge is 0.230 e. The summed E-state index contributed by atoms with van der Waals surface area (Å²) in [7, 11) is 0. The van der Waals surface area contributed by atoms with Gasteiger partial charge in [-0.25, -0.2) is 0 Å². The number of aromatic nitrogens is 1. The van der Waals surface area contributed by atoms with Crippen molar-refractivity contribution in [1.82, 2.24) is 10.3 Å². The number of amides is 1. The monoisotopic (exact) mass is 358 g/mol. The van der Waals surface area contributed by atoms with Crippen LogP contribution in [0.3, 0.4) is 0 Å². The molecule has 0 bridgehead atoms. The predicted molar refractivity (Wildman–Crippen MR) is 97.3 cm³/mol. The molecule has 1 aromatic heterocycles. The van der Waals surface area contributed by atoms with Crippen molar-refractivity contribution >= 4 is 17.7 Å². The van der Waals surface area contributed by atoms with Gasteiger partial charge in [-0.05, 0) is 24.1 Å². The molecular weight excluding hydrogens is 336 g/mol. The fourth-order valence-electron chi connectivity index (χ4n) is 2.65. The van der Waals surface area contributed by atoms with E-state index in [-0.39, 0.29) is 18.1 Å². The molecule has 5 nitrogen and oxygen atoms in total. The van der Waals surface area contributed by atoms with Crippen LogP contribution >= 0.6 is 11.8 Å². The van der Waals surface area contributed by atoms with Crippen LogP contribution in [0.25, 0.3) is 0 Å². The summed E-state index contributed by atoms with van der Waals surface area (Å²) in [4.78, 5) is 17.3. The number of hydrogen-bond donors (Lipinski definition) is 1. The van der Waals surface area contributed by atoms with Crippen LogP contribution in [0.1, 0.15) is 12.0 Å². The van der Waals surface area contributed by atoms with Gasteiger partial charge in [-0.15, -0.1) is 11.8 Å². The molecule has 1 N–H and O–H groups in total. The van der Waals surface area contributed by atoms with Gasteiger partial charge in [0.15, 0.2) is 0 Å². The molecule has 1 aromatic carbocycles. The summed E-state index contributed by atoms with van der Waals surface area (Å²) in [6, 6.07) is 13.8. The maximum absolute atomic E-state index is 12.3. The summed E-state index contributed by atoms with van der Waals surface area (Å²) in [5.74, 6) is 0.397. The molecule has 2 atom stereocenters. The Bertz CT molecular complexity index is 654. The van der Waals surface area contributed by atoms with Crippen LogP contribution in [0.4, 0.5) is 0 Å². The van der Waals surface area contributed by atoms with Crippen LogP contribution < -0.4 is 5.32 Å². The van der Waals surface area contributed by atoms with Gasteiger partial charge in [0.2, 0.25) is 5.91 Å². The van der Waals surface area contributed by atoms with Gasteiger partial charge in [-0.1, -0.05) is 30.3 Å². The maximum atomic E-state index is 12.3. The normalized spacial score (nSPS) is 20.2. The highest BCUT2D eigenvalue weighted by Gasteiger charge is 2.27. The molecule has 1 aliphatic rings. The number of rotatable bonds is 7. The molecule has 25 heavy (non-hydrogen) atoms. The van der Waals surface area contributed by atoms with E-state index < -0.39 is 0 Å². The highest BCUT2D eigenvalue weighted by molar-refractivity contribution is 8.00. The maximum Gasteiger partial charge on any atom is 0.230 e. The first-order valence-electron chi connectivity index (χ1n) is 8.37. The second-order valence-corrected chi connectivity index (χ2v) is 6.89. The van der Waals surface area contributed by atoms with E-state index in [1.165, 1.54) is 11.8 Å². The molecule has 1 saturated heterocycles. The SMILES string of the molecule is O=C(CSc1ccncc1)N[C@@H]1CCOC[C@H]1OCc1ccccc1. The van der Waals surface area contributed by atoms with E-state index in [1.54, 1.807) is 12.4 Å². The topological polar surface area (TPSA) is 60.5 Å². The van der Waals surface area contributed by atoms with Gasteiger partial charge in [-0.3, -0.25) is 9.78 Å². The first-order chi connectivity index (χ1) is 12.3. The van der Waals surface area contributed by atoms with Gasteiger partial charge in [0.25, 0.3) is 0 Å². The quantitative estimate of drug-likeness (QED) is 0.771. The number of pyridine rings is 1. The minimum absolute atomic E-state index is 0.0111. The lowest BCUT2D eigenvalue weighted by Crippen LogP contribution is -2.50. The third-order valence-corrected chi connectivity index (χ3v) is 4.99. The fourth-order valence-corrected chi connectivity index (χ4v) is 3.35. The van der Waals surface area contributed by atoms with E-state index in [1.807, 2.05) is 42.5 Å². The van der Waals surface area contributed by atoms with Crippen molar-refractivity contribution in [2.24, 2.45) is 0 Å². The molecule has 132 valence electrons. The summed E-state index contributed by atoms with van der Waals surface area (Å²) in [5.41, 5.74) is 1.12. The van der Waals surface area contributed by atoms with Gasteiger partial charge >= 0.3 is 0 Å². The van der Waals surface area contributed by atoms with E-state index in [9.17, 15) is 4.79 Å². The summed E-state index contributed by atoms with van der Waals surface area (Å²) in [6.45, 7) is 1.68. The van der Waals surface area contributed by atoms with Crippen molar-refractivity contribution in [2.45, 2.75) is 30.1 Å². The molecule has 1 aliphatic heterocycles. The number of nitrogens with zero attached hydrogens (tertiary/aromatic N) is 1. The molecule has 3 rings (SSSR count). The summed E-state index contributed by atoms with van der Waals surface area (Å²) >= 11 is 1.50. The number of benzene rings is 1. The second-order valence-electron chi connectivity index (χ2n) is 5.84. The molecule has 0 aliphatic carbocycles. The molecule has 0 spiro atoms. The second kappa shape index (κ2) is 9.56. The first kappa shape index (κ1) is 17.9. The van der Waals surface area contributed by atoms with Gasteiger partial charge in [0.05, 0.1) is 25.0 Å². The Kier molecular flexibility index (Phi) is 6.85. The number of carbonyl (C=O) groups excluding carboxylic acids is 1. The predicted octanol–water partition coefficient (Wildman–Crippen LogP) is 2.66. The molecule has 6 heteroatoms. The summed E-state index contributed by atoms with van der Waals surface area (Å²) in [6.07, 6.45) is 4.10. The van der Waals surface area contributed by atoms with Crippen LogP contribution in [0.2, 0.25) is 0 Å². The summed E-state index contributed by atoms with van der Waals surface area (Å²) in [5, 5.41) is 3.10. The molecule has 0 radical (unpaired) electrons. The van der Waals surface area contributed by atoms with Gasteiger partial charge in [0.1, 0.15) is 6.10 Å². The van der Waals surface area contributed by atoms with Crippen molar-refractivity contribution in [3.05, 3.63) is 60.4 Å². The lowest BCUT2D eigenvalue weighted by Gasteiger charge is -2.32. The minimum atomic E-state index is -0.121. The largest absolute Gasteiger partial charge is 0.379 e. The number of hydrogen-bond acceptors (Lipinski definition) is 5. The van der Waals surface area contributed by atoms with Crippen molar-refractivity contribution in [3.63, 3.8) is 0 Å². The van der Waals surface area contributed by atoms with E-state index in [0.29, 0.717) is 25.6 Å². The third-order valence-electron chi connectivity index (χ3n) is 3.98. The Morgan fingerprint density at radius 3 is 2.84 bits per heavy atom. The average molecular weight is 358 g/mol. The minimum Gasteiger partial charge on any atom is -0.379 e. The third kappa shape index (κ3) is 5.85. The van der Waals surface area contributed by atoms with Crippen LogP contribution in [-0.4, -0.2) is 42.0 Å². The van der Waals surface area contributed by atoms with Crippen LogP contribution in [0.15, 0.2) is 59.8 Å². The first-order valence-corrected chi connectivity index (χ1v) is 9.35.